The number of methoxy groups -OCH3 is 2. The number of nitriles is 1. The van der Waals surface area contributed by atoms with Gasteiger partial charge in [-0.05, 0) is 61.9 Å². The summed E-state index contributed by atoms with van der Waals surface area (Å²) in [4.78, 5) is 29.2. The normalized spacial score (nSPS) is 16.6. The standard InChI is InChI=1S/C30H36N4O4S2/c1-5-6-15-33-27(32-14-13-20-11-12-24(37-3)25(16-20)38-4)22(19(2)23(18-31)28(33)35)17-26-29(36)34(30(39)40-26)21-9-7-8-10-21/h11-12,16-17,21,32H,5-10,13-15H2,1-4H3/b26-17+. The largest absolute Gasteiger partial charge is 0.493 e. The number of thioether (sulfide) groups is 1. The third kappa shape index (κ3) is 6.06. The van der Waals surface area contributed by atoms with Gasteiger partial charge in [0.25, 0.3) is 11.5 Å². The number of hydrogen-bond donors (Lipinski definition) is 1. The van der Waals surface area contributed by atoms with Gasteiger partial charge in [-0.25, -0.2) is 0 Å². The Bertz CT molecular complexity index is 1420. The first-order valence-corrected chi connectivity index (χ1v) is 15.0. The van der Waals surface area contributed by atoms with E-state index in [1.54, 1.807) is 30.6 Å². The highest BCUT2D eigenvalue weighted by Crippen LogP contribution is 2.39. The number of pyridine rings is 1. The third-order valence-electron chi connectivity index (χ3n) is 7.55. The number of carbonyl (C=O) groups excluding carboxylic acids is 1. The van der Waals surface area contributed by atoms with Gasteiger partial charge in [0.05, 0.1) is 19.1 Å². The van der Waals surface area contributed by atoms with Crippen LogP contribution in [-0.2, 0) is 17.8 Å². The smallest absolute Gasteiger partial charge is 0.270 e. The van der Waals surface area contributed by atoms with E-state index in [0.29, 0.717) is 57.2 Å². The average Bonchev–Trinajstić information content (AvgIpc) is 3.57. The Hall–Kier alpha value is -3.29. The molecule has 1 aliphatic heterocycles. The number of nitrogens with one attached hydrogen (secondary N) is 1. The first-order valence-electron chi connectivity index (χ1n) is 13.7. The maximum absolute atomic E-state index is 13.5. The van der Waals surface area contributed by atoms with E-state index in [1.807, 2.05) is 24.3 Å². The van der Waals surface area contributed by atoms with Crippen molar-refractivity contribution >= 4 is 46.1 Å². The van der Waals surface area contributed by atoms with E-state index >= 15 is 0 Å². The van der Waals surface area contributed by atoms with Crippen molar-refractivity contribution in [1.82, 2.24) is 9.47 Å². The summed E-state index contributed by atoms with van der Waals surface area (Å²) in [6, 6.07) is 8.04. The van der Waals surface area contributed by atoms with E-state index in [1.165, 1.54) is 11.8 Å². The Labute approximate surface area is 245 Å². The maximum atomic E-state index is 13.5. The van der Waals surface area contributed by atoms with E-state index in [4.69, 9.17) is 21.7 Å². The van der Waals surface area contributed by atoms with E-state index in [-0.39, 0.29) is 23.1 Å². The molecule has 1 amide bonds. The molecule has 2 fully saturated rings. The fourth-order valence-electron chi connectivity index (χ4n) is 5.33. The third-order valence-corrected chi connectivity index (χ3v) is 8.88. The summed E-state index contributed by atoms with van der Waals surface area (Å²) >= 11 is 6.91. The van der Waals surface area contributed by atoms with Crippen molar-refractivity contribution in [2.45, 2.75) is 71.4 Å². The van der Waals surface area contributed by atoms with Crippen LogP contribution in [0.2, 0.25) is 0 Å². The molecule has 1 N–H and O–H groups in total. The molecule has 2 aromatic rings. The number of thiocarbonyl (C=S) groups is 1. The van der Waals surface area contributed by atoms with Crippen molar-refractivity contribution < 1.29 is 14.3 Å². The van der Waals surface area contributed by atoms with Gasteiger partial charge in [0.15, 0.2) is 11.5 Å². The van der Waals surface area contributed by atoms with E-state index < -0.39 is 0 Å². The summed E-state index contributed by atoms with van der Waals surface area (Å²) < 4.78 is 13.0. The number of aromatic nitrogens is 1. The first-order chi connectivity index (χ1) is 19.3. The van der Waals surface area contributed by atoms with Gasteiger partial charge >= 0.3 is 0 Å². The monoisotopic (exact) mass is 580 g/mol. The van der Waals surface area contributed by atoms with Gasteiger partial charge in [-0.3, -0.25) is 19.1 Å². The Morgan fingerprint density at radius 2 is 1.93 bits per heavy atom. The second-order valence-electron chi connectivity index (χ2n) is 10.0. The summed E-state index contributed by atoms with van der Waals surface area (Å²) in [6.45, 7) is 4.82. The number of hydrogen-bond acceptors (Lipinski definition) is 8. The summed E-state index contributed by atoms with van der Waals surface area (Å²) in [5.41, 5.74) is 2.04. The molecular formula is C30H36N4O4S2. The molecule has 4 rings (SSSR count). The molecule has 40 heavy (non-hydrogen) atoms. The van der Waals surface area contributed by atoms with Gasteiger partial charge < -0.3 is 14.8 Å². The molecule has 2 aliphatic rings. The van der Waals surface area contributed by atoms with Crippen molar-refractivity contribution in [2.75, 3.05) is 26.1 Å². The van der Waals surface area contributed by atoms with Crippen LogP contribution in [-0.4, -0.2) is 46.5 Å². The maximum Gasteiger partial charge on any atom is 0.270 e. The molecule has 1 saturated carbocycles. The molecule has 1 saturated heterocycles. The molecule has 212 valence electrons. The zero-order chi connectivity index (χ0) is 28.8. The number of benzene rings is 1. The highest BCUT2D eigenvalue weighted by molar-refractivity contribution is 8.26. The molecule has 10 heteroatoms. The molecule has 0 radical (unpaired) electrons. The highest BCUT2D eigenvalue weighted by atomic mass is 32.2. The predicted octanol–water partition coefficient (Wildman–Crippen LogP) is 5.64. The summed E-state index contributed by atoms with van der Waals surface area (Å²) in [5.74, 6) is 1.83. The minimum atomic E-state index is -0.322. The molecule has 1 aromatic heterocycles. The number of ether oxygens (including phenoxy) is 2. The van der Waals surface area contributed by atoms with E-state index in [2.05, 4.69) is 18.3 Å². The van der Waals surface area contributed by atoms with E-state index in [9.17, 15) is 14.9 Å². The molecule has 1 aromatic carbocycles. The van der Waals surface area contributed by atoms with Crippen molar-refractivity contribution in [3.63, 3.8) is 0 Å². The molecule has 0 bridgehead atoms. The number of anilines is 1. The molecule has 0 atom stereocenters. The van der Waals surface area contributed by atoms with Gasteiger partial charge in [-0.2, -0.15) is 5.26 Å². The van der Waals surface area contributed by atoms with Crippen LogP contribution < -0.4 is 20.3 Å². The lowest BCUT2D eigenvalue weighted by atomic mass is 10.0. The van der Waals surface area contributed by atoms with Crippen molar-refractivity contribution in [2.24, 2.45) is 0 Å². The molecule has 2 heterocycles. The Morgan fingerprint density at radius 3 is 2.58 bits per heavy atom. The molecular weight excluding hydrogens is 544 g/mol. The SMILES string of the molecule is CCCCn1c(NCCc2ccc(OC)c(OC)c2)c(/C=C2/SC(=S)N(C3CCCC3)C2=O)c(C)c(C#N)c1=O. The van der Waals surface area contributed by atoms with Crippen LogP contribution in [0.4, 0.5) is 5.82 Å². The van der Waals surface area contributed by atoms with Gasteiger partial charge in [0.1, 0.15) is 21.8 Å². The van der Waals surface area contributed by atoms with E-state index in [0.717, 1.165) is 44.1 Å². The van der Waals surface area contributed by atoms with Crippen LogP contribution in [0.15, 0.2) is 27.9 Å². The van der Waals surface area contributed by atoms with Crippen LogP contribution in [0.1, 0.15) is 67.7 Å². The lowest BCUT2D eigenvalue weighted by Gasteiger charge is -2.22. The molecule has 8 nitrogen and oxygen atoms in total. The quantitative estimate of drug-likeness (QED) is 0.269. The van der Waals surface area contributed by atoms with Gasteiger partial charge in [-0.1, -0.05) is 56.2 Å². The zero-order valence-corrected chi connectivity index (χ0v) is 25.2. The summed E-state index contributed by atoms with van der Waals surface area (Å²) in [5, 5.41) is 13.4. The fourth-order valence-corrected chi connectivity index (χ4v) is 6.71. The second-order valence-corrected chi connectivity index (χ2v) is 11.7. The van der Waals surface area contributed by atoms with Crippen molar-refractivity contribution in [3.8, 4) is 17.6 Å². The van der Waals surface area contributed by atoms with Crippen molar-refractivity contribution in [3.05, 3.63) is 55.7 Å². The number of nitrogens with zero attached hydrogens (tertiary/aromatic N) is 3. The van der Waals surface area contributed by atoms with Crippen LogP contribution in [0, 0.1) is 18.3 Å². The Morgan fingerprint density at radius 1 is 1.20 bits per heavy atom. The van der Waals surface area contributed by atoms with Crippen molar-refractivity contribution in [1.29, 1.82) is 5.26 Å². The Balaban J connectivity index is 1.72. The lowest BCUT2D eigenvalue weighted by Crippen LogP contribution is -2.36. The Kier molecular flexibility index (Phi) is 9.93. The van der Waals surface area contributed by atoms with Gasteiger partial charge in [0, 0.05) is 24.7 Å². The lowest BCUT2D eigenvalue weighted by molar-refractivity contribution is -0.123. The zero-order valence-electron chi connectivity index (χ0n) is 23.5. The van der Waals surface area contributed by atoms with Crippen LogP contribution in [0.3, 0.4) is 0 Å². The first kappa shape index (κ1) is 29.7. The predicted molar refractivity (Wildman–Crippen MR) is 164 cm³/mol. The van der Waals surface area contributed by atoms with Gasteiger partial charge in [0.2, 0.25) is 0 Å². The minimum absolute atomic E-state index is 0.0950. The molecule has 1 aliphatic carbocycles. The number of carbonyl (C=O) groups is 1. The molecule has 0 spiro atoms. The fraction of sp³-hybridized carbons (Fsp3) is 0.467. The number of amides is 1. The number of rotatable bonds is 11. The second kappa shape index (κ2) is 13.4. The minimum Gasteiger partial charge on any atom is -0.493 e. The topological polar surface area (TPSA) is 96.6 Å². The van der Waals surface area contributed by atoms with Crippen LogP contribution in [0.5, 0.6) is 11.5 Å². The summed E-state index contributed by atoms with van der Waals surface area (Å²) in [6.07, 6.45) is 8.26. The van der Waals surface area contributed by atoms with Crippen LogP contribution in [0.25, 0.3) is 6.08 Å². The molecule has 0 unspecified atom stereocenters. The number of unbranched alkanes of at least 4 members (excludes halogenated alkanes) is 1. The van der Waals surface area contributed by atoms with Gasteiger partial charge in [-0.15, -0.1) is 0 Å². The highest BCUT2D eigenvalue weighted by Gasteiger charge is 2.38. The average molecular weight is 581 g/mol. The summed E-state index contributed by atoms with van der Waals surface area (Å²) in [7, 11) is 3.21. The van der Waals surface area contributed by atoms with Crippen LogP contribution >= 0.6 is 24.0 Å².